The minimum atomic E-state index is 0.145. The quantitative estimate of drug-likeness (QED) is 0.661. The maximum absolute atomic E-state index is 9.99. The van der Waals surface area contributed by atoms with E-state index in [2.05, 4.69) is 0 Å². The summed E-state index contributed by atoms with van der Waals surface area (Å²) in [5.41, 5.74) is 1.69. The highest BCUT2D eigenvalue weighted by Gasteiger charge is 2.05. The Morgan fingerprint density at radius 3 is 2.17 bits per heavy atom. The van der Waals surface area contributed by atoms with Crippen molar-refractivity contribution in [3.8, 4) is 34.1 Å². The van der Waals surface area contributed by atoms with Crippen molar-refractivity contribution >= 4 is 0 Å². The Morgan fingerprint density at radius 1 is 0.750 bits per heavy atom. The van der Waals surface area contributed by atoms with Gasteiger partial charge in [-0.3, -0.25) is 0 Å². The van der Waals surface area contributed by atoms with Crippen LogP contribution in [0, 0.1) is 0 Å². The lowest BCUT2D eigenvalue weighted by molar-refractivity contribution is 0.242. The lowest BCUT2D eigenvalue weighted by atomic mass is 10.0. The van der Waals surface area contributed by atoms with E-state index in [0.717, 1.165) is 22.6 Å². The second-order valence-electron chi connectivity index (χ2n) is 5.79. The first-order chi connectivity index (χ1) is 11.6. The van der Waals surface area contributed by atoms with Gasteiger partial charge in [0.15, 0.2) is 0 Å². The van der Waals surface area contributed by atoms with Crippen LogP contribution in [0.25, 0.3) is 11.1 Å². The van der Waals surface area contributed by atoms with E-state index in [1.165, 1.54) is 0 Å². The number of hydrogen-bond donors (Lipinski definition) is 1. The monoisotopic (exact) mass is 320 g/mol. The fourth-order valence-corrected chi connectivity index (χ4v) is 2.44. The van der Waals surface area contributed by atoms with Crippen molar-refractivity contribution < 1.29 is 14.6 Å². The smallest absolute Gasteiger partial charge is 0.128 e. The topological polar surface area (TPSA) is 38.7 Å². The molecule has 3 aromatic rings. The van der Waals surface area contributed by atoms with Gasteiger partial charge in [-0.2, -0.15) is 0 Å². The molecule has 0 fully saturated rings. The van der Waals surface area contributed by atoms with Crippen molar-refractivity contribution in [3.05, 3.63) is 72.8 Å². The summed E-state index contributed by atoms with van der Waals surface area (Å²) in [6.07, 6.45) is 0.145. The Morgan fingerprint density at radius 2 is 1.46 bits per heavy atom. The van der Waals surface area contributed by atoms with Gasteiger partial charge in [0.25, 0.3) is 0 Å². The van der Waals surface area contributed by atoms with Crippen LogP contribution < -0.4 is 9.47 Å². The lowest BCUT2D eigenvalue weighted by Crippen LogP contribution is -2.05. The maximum atomic E-state index is 9.99. The van der Waals surface area contributed by atoms with Gasteiger partial charge >= 0.3 is 0 Å². The third-order valence-corrected chi connectivity index (χ3v) is 3.48. The van der Waals surface area contributed by atoms with Crippen LogP contribution >= 0.6 is 0 Å². The average Bonchev–Trinajstić information content (AvgIpc) is 2.57. The van der Waals surface area contributed by atoms with Gasteiger partial charge in [-0.15, -0.1) is 0 Å². The lowest BCUT2D eigenvalue weighted by Gasteiger charge is -2.11. The number of phenols is 1. The number of rotatable bonds is 5. The molecular formula is C21H20O3. The molecule has 3 heteroatoms. The van der Waals surface area contributed by atoms with Gasteiger partial charge < -0.3 is 14.6 Å². The van der Waals surface area contributed by atoms with E-state index < -0.39 is 0 Å². The molecule has 0 bridgehead atoms. The SMILES string of the molecule is CC(C)Oc1ccc(Oc2cccc(-c3ccccc3O)c2)cc1. The molecule has 0 spiro atoms. The van der Waals surface area contributed by atoms with E-state index in [4.69, 9.17) is 9.47 Å². The fourth-order valence-electron chi connectivity index (χ4n) is 2.44. The van der Waals surface area contributed by atoms with E-state index in [-0.39, 0.29) is 11.9 Å². The first kappa shape index (κ1) is 15.9. The summed E-state index contributed by atoms with van der Waals surface area (Å²) in [5, 5.41) is 9.99. The highest BCUT2D eigenvalue weighted by molar-refractivity contribution is 5.71. The van der Waals surface area contributed by atoms with Crippen molar-refractivity contribution in [1.29, 1.82) is 0 Å². The summed E-state index contributed by atoms with van der Waals surface area (Å²) < 4.78 is 11.5. The first-order valence-electron chi connectivity index (χ1n) is 7.95. The molecule has 1 N–H and O–H groups in total. The van der Waals surface area contributed by atoms with Gasteiger partial charge in [0.1, 0.15) is 23.0 Å². The molecule has 122 valence electrons. The Labute approximate surface area is 142 Å². The molecule has 0 saturated carbocycles. The maximum Gasteiger partial charge on any atom is 0.128 e. The summed E-state index contributed by atoms with van der Waals surface area (Å²) in [6, 6.07) is 22.5. The van der Waals surface area contributed by atoms with Crippen LogP contribution in [0.5, 0.6) is 23.0 Å². The number of ether oxygens (including phenoxy) is 2. The fraction of sp³-hybridized carbons (Fsp3) is 0.143. The molecule has 0 heterocycles. The van der Waals surface area contributed by atoms with E-state index in [1.54, 1.807) is 12.1 Å². The van der Waals surface area contributed by atoms with Crippen LogP contribution in [0.1, 0.15) is 13.8 Å². The molecule has 0 saturated heterocycles. The van der Waals surface area contributed by atoms with Crippen molar-refractivity contribution in [1.82, 2.24) is 0 Å². The van der Waals surface area contributed by atoms with Gasteiger partial charge in [0, 0.05) is 5.56 Å². The van der Waals surface area contributed by atoms with E-state index in [0.29, 0.717) is 5.75 Å². The molecular weight excluding hydrogens is 300 g/mol. The second kappa shape index (κ2) is 7.09. The third-order valence-electron chi connectivity index (χ3n) is 3.48. The van der Waals surface area contributed by atoms with Crippen LogP contribution in [0.15, 0.2) is 72.8 Å². The molecule has 3 aromatic carbocycles. The van der Waals surface area contributed by atoms with E-state index in [1.807, 2.05) is 74.5 Å². The second-order valence-corrected chi connectivity index (χ2v) is 5.79. The van der Waals surface area contributed by atoms with Crippen LogP contribution in [0.4, 0.5) is 0 Å². The van der Waals surface area contributed by atoms with Gasteiger partial charge in [-0.1, -0.05) is 30.3 Å². The molecule has 0 aliphatic heterocycles. The molecule has 3 rings (SSSR count). The summed E-state index contributed by atoms with van der Waals surface area (Å²) in [6.45, 7) is 3.99. The zero-order valence-corrected chi connectivity index (χ0v) is 13.8. The van der Waals surface area contributed by atoms with E-state index >= 15 is 0 Å². The highest BCUT2D eigenvalue weighted by atomic mass is 16.5. The molecule has 3 nitrogen and oxygen atoms in total. The van der Waals surface area contributed by atoms with Gasteiger partial charge in [-0.25, -0.2) is 0 Å². The van der Waals surface area contributed by atoms with Crippen LogP contribution in [-0.2, 0) is 0 Å². The van der Waals surface area contributed by atoms with Crippen LogP contribution in [0.2, 0.25) is 0 Å². The van der Waals surface area contributed by atoms with Crippen molar-refractivity contribution in [2.75, 3.05) is 0 Å². The zero-order valence-electron chi connectivity index (χ0n) is 13.8. The number of benzene rings is 3. The molecule has 24 heavy (non-hydrogen) atoms. The number of aromatic hydroxyl groups is 1. The van der Waals surface area contributed by atoms with E-state index in [9.17, 15) is 5.11 Å². The standard InChI is InChI=1S/C21H20O3/c1-15(2)23-17-10-12-18(13-11-17)24-19-7-5-6-16(14-19)20-8-3-4-9-21(20)22/h3-15,22H,1-2H3. The summed E-state index contributed by atoms with van der Waals surface area (Å²) in [5.74, 6) is 2.53. The molecule has 0 unspecified atom stereocenters. The molecule has 0 aromatic heterocycles. The van der Waals surface area contributed by atoms with Crippen LogP contribution in [-0.4, -0.2) is 11.2 Å². The Balaban J connectivity index is 1.79. The zero-order chi connectivity index (χ0) is 16.9. The number of hydrogen-bond acceptors (Lipinski definition) is 3. The van der Waals surface area contributed by atoms with Crippen molar-refractivity contribution in [2.45, 2.75) is 20.0 Å². The highest BCUT2D eigenvalue weighted by Crippen LogP contribution is 2.32. The minimum Gasteiger partial charge on any atom is -0.507 e. The van der Waals surface area contributed by atoms with Gasteiger partial charge in [0.2, 0.25) is 0 Å². The number of para-hydroxylation sites is 1. The van der Waals surface area contributed by atoms with Gasteiger partial charge in [-0.05, 0) is 61.9 Å². The van der Waals surface area contributed by atoms with Crippen LogP contribution in [0.3, 0.4) is 0 Å². The summed E-state index contributed by atoms with van der Waals surface area (Å²) >= 11 is 0. The van der Waals surface area contributed by atoms with Gasteiger partial charge in [0.05, 0.1) is 6.10 Å². The minimum absolute atomic E-state index is 0.145. The third kappa shape index (κ3) is 3.87. The Hall–Kier alpha value is -2.94. The average molecular weight is 320 g/mol. The molecule has 0 atom stereocenters. The normalized spacial score (nSPS) is 10.6. The summed E-state index contributed by atoms with van der Waals surface area (Å²) in [7, 11) is 0. The van der Waals surface area contributed by atoms with Crippen molar-refractivity contribution in [2.24, 2.45) is 0 Å². The molecule has 0 aliphatic carbocycles. The number of phenolic OH excluding ortho intramolecular Hbond substituents is 1. The molecule has 0 amide bonds. The summed E-state index contributed by atoms with van der Waals surface area (Å²) in [4.78, 5) is 0. The largest absolute Gasteiger partial charge is 0.507 e. The predicted octanol–water partition coefficient (Wildman–Crippen LogP) is 5.64. The molecule has 0 radical (unpaired) electrons. The Kier molecular flexibility index (Phi) is 4.71. The first-order valence-corrected chi connectivity index (χ1v) is 7.95. The predicted molar refractivity (Wildman–Crippen MR) is 95.8 cm³/mol. The molecule has 0 aliphatic rings. The van der Waals surface area contributed by atoms with Crippen molar-refractivity contribution in [3.63, 3.8) is 0 Å². The Bertz CT molecular complexity index is 807.